The fourth-order valence-corrected chi connectivity index (χ4v) is 3.37. The second-order valence-corrected chi connectivity index (χ2v) is 5.97. The number of ether oxygens (including phenoxy) is 2. The first-order valence-electron chi connectivity index (χ1n) is 6.74. The fourth-order valence-electron chi connectivity index (χ4n) is 2.84. The maximum Gasteiger partial charge on any atom is 0.186 e. The van der Waals surface area contributed by atoms with Crippen molar-refractivity contribution in [2.45, 2.75) is 25.2 Å². The van der Waals surface area contributed by atoms with Gasteiger partial charge in [0.15, 0.2) is 5.79 Å². The summed E-state index contributed by atoms with van der Waals surface area (Å²) in [5, 5.41) is 0. The number of benzene rings is 1. The van der Waals surface area contributed by atoms with E-state index in [1.54, 1.807) is 0 Å². The van der Waals surface area contributed by atoms with Gasteiger partial charge in [0.2, 0.25) is 0 Å². The molecule has 2 fully saturated rings. The van der Waals surface area contributed by atoms with Gasteiger partial charge in [-0.3, -0.25) is 0 Å². The van der Waals surface area contributed by atoms with Crippen molar-refractivity contribution in [2.75, 3.05) is 31.2 Å². The topological polar surface area (TPSA) is 47.7 Å². The smallest absolute Gasteiger partial charge is 0.186 e. The minimum absolute atomic E-state index is 0.378. The largest absolute Gasteiger partial charge is 0.366 e. The molecule has 1 aromatic rings. The quantitative estimate of drug-likeness (QED) is 0.905. The molecule has 2 heterocycles. The predicted molar refractivity (Wildman–Crippen MR) is 78.1 cm³/mol. The number of rotatable bonds is 2. The molecule has 2 aliphatic heterocycles. The highest BCUT2D eigenvalue weighted by Crippen LogP contribution is 2.33. The molecule has 4 nitrogen and oxygen atoms in total. The molecule has 0 atom stereocenters. The van der Waals surface area contributed by atoms with E-state index in [1.165, 1.54) is 5.69 Å². The molecule has 19 heavy (non-hydrogen) atoms. The molecule has 1 aromatic carbocycles. The molecule has 0 aromatic heterocycles. The normalized spacial score (nSPS) is 22.1. The minimum Gasteiger partial charge on any atom is -0.366 e. The van der Waals surface area contributed by atoms with Gasteiger partial charge in [-0.05, 0) is 24.1 Å². The van der Waals surface area contributed by atoms with Crippen molar-refractivity contribution in [3.05, 3.63) is 28.2 Å². The first-order chi connectivity index (χ1) is 9.22. The van der Waals surface area contributed by atoms with Gasteiger partial charge in [-0.1, -0.05) is 22.0 Å². The number of nitrogens with zero attached hydrogens (tertiary/aromatic N) is 1. The molecule has 2 N–H and O–H groups in total. The Hall–Kier alpha value is -0.620. The summed E-state index contributed by atoms with van der Waals surface area (Å²) in [4.78, 5) is 2.33. The van der Waals surface area contributed by atoms with Gasteiger partial charge < -0.3 is 20.1 Å². The maximum absolute atomic E-state index is 5.81. The Balaban J connectivity index is 1.79. The van der Waals surface area contributed by atoms with Crippen LogP contribution in [0.1, 0.15) is 18.4 Å². The van der Waals surface area contributed by atoms with Crippen LogP contribution in [0, 0.1) is 0 Å². The Bertz CT molecular complexity index is 461. The molecule has 0 radical (unpaired) electrons. The summed E-state index contributed by atoms with van der Waals surface area (Å²) < 4.78 is 12.7. The third-order valence-electron chi connectivity index (χ3n) is 3.85. The van der Waals surface area contributed by atoms with Crippen molar-refractivity contribution in [3.8, 4) is 0 Å². The van der Waals surface area contributed by atoms with Crippen LogP contribution in [-0.4, -0.2) is 32.1 Å². The summed E-state index contributed by atoms with van der Waals surface area (Å²) >= 11 is 3.58. The molecule has 2 aliphatic rings. The van der Waals surface area contributed by atoms with E-state index < -0.39 is 0 Å². The van der Waals surface area contributed by atoms with Gasteiger partial charge in [0, 0.05) is 29.7 Å². The zero-order chi connectivity index (χ0) is 13.3. The molecule has 104 valence electrons. The van der Waals surface area contributed by atoms with Crippen LogP contribution < -0.4 is 10.6 Å². The summed E-state index contributed by atoms with van der Waals surface area (Å²) in [7, 11) is 0. The molecule has 2 saturated heterocycles. The van der Waals surface area contributed by atoms with Crippen LogP contribution in [0.15, 0.2) is 22.7 Å². The van der Waals surface area contributed by atoms with E-state index in [0.717, 1.165) is 36.0 Å². The van der Waals surface area contributed by atoms with E-state index in [0.29, 0.717) is 19.8 Å². The zero-order valence-electron chi connectivity index (χ0n) is 10.9. The van der Waals surface area contributed by atoms with E-state index in [2.05, 4.69) is 39.0 Å². The highest BCUT2D eigenvalue weighted by Gasteiger charge is 2.40. The van der Waals surface area contributed by atoms with Gasteiger partial charge in [0.1, 0.15) is 0 Å². The zero-order valence-corrected chi connectivity index (χ0v) is 12.5. The van der Waals surface area contributed by atoms with Gasteiger partial charge >= 0.3 is 0 Å². The predicted octanol–water partition coefficient (Wildman–Crippen LogP) is 2.25. The van der Waals surface area contributed by atoms with Crippen molar-refractivity contribution in [3.63, 3.8) is 0 Å². The van der Waals surface area contributed by atoms with Crippen molar-refractivity contribution in [1.82, 2.24) is 0 Å². The third-order valence-corrected chi connectivity index (χ3v) is 4.59. The number of anilines is 1. The molecule has 5 heteroatoms. The van der Waals surface area contributed by atoms with Crippen molar-refractivity contribution in [1.29, 1.82) is 0 Å². The third kappa shape index (κ3) is 2.65. The Kier molecular flexibility index (Phi) is 3.80. The average Bonchev–Trinajstić information content (AvgIpc) is 2.86. The summed E-state index contributed by atoms with van der Waals surface area (Å²) in [6.45, 7) is 3.83. The van der Waals surface area contributed by atoms with E-state index in [1.807, 2.05) is 0 Å². The van der Waals surface area contributed by atoms with Crippen LogP contribution in [-0.2, 0) is 16.0 Å². The number of hydrogen-bond donors (Lipinski definition) is 1. The summed E-state index contributed by atoms with van der Waals surface area (Å²) in [5.74, 6) is -0.378. The van der Waals surface area contributed by atoms with Crippen molar-refractivity contribution < 1.29 is 9.47 Å². The van der Waals surface area contributed by atoms with Crippen LogP contribution in [0.5, 0.6) is 0 Å². The van der Waals surface area contributed by atoms with E-state index in [-0.39, 0.29) is 5.79 Å². The molecule has 0 amide bonds. The summed E-state index contributed by atoms with van der Waals surface area (Å²) in [6.07, 6.45) is 2.09. The highest BCUT2D eigenvalue weighted by molar-refractivity contribution is 9.10. The van der Waals surface area contributed by atoms with Crippen molar-refractivity contribution in [2.24, 2.45) is 5.73 Å². The van der Waals surface area contributed by atoms with Gasteiger partial charge in [-0.2, -0.15) is 0 Å². The number of piperidine rings is 1. The van der Waals surface area contributed by atoms with Crippen LogP contribution in [0.2, 0.25) is 0 Å². The Morgan fingerprint density at radius 2 is 2.11 bits per heavy atom. The second-order valence-electron chi connectivity index (χ2n) is 5.11. The summed E-state index contributed by atoms with van der Waals surface area (Å²) in [6, 6.07) is 6.34. The van der Waals surface area contributed by atoms with Gasteiger partial charge in [0.25, 0.3) is 0 Å². The second kappa shape index (κ2) is 5.40. The monoisotopic (exact) mass is 326 g/mol. The maximum atomic E-state index is 5.81. The van der Waals surface area contributed by atoms with Crippen molar-refractivity contribution >= 4 is 21.6 Å². The van der Waals surface area contributed by atoms with Gasteiger partial charge in [-0.25, -0.2) is 0 Å². The molecule has 1 spiro atoms. The van der Waals surface area contributed by atoms with Gasteiger partial charge in [-0.15, -0.1) is 0 Å². The van der Waals surface area contributed by atoms with E-state index in [4.69, 9.17) is 15.2 Å². The number of hydrogen-bond acceptors (Lipinski definition) is 4. The average molecular weight is 327 g/mol. The van der Waals surface area contributed by atoms with Gasteiger partial charge in [0.05, 0.1) is 19.8 Å². The van der Waals surface area contributed by atoms with E-state index >= 15 is 0 Å². The molecule has 0 unspecified atom stereocenters. The lowest BCUT2D eigenvalue weighted by atomic mass is 10.0. The summed E-state index contributed by atoms with van der Waals surface area (Å²) in [5.41, 5.74) is 8.02. The molecular weight excluding hydrogens is 308 g/mol. The number of nitrogens with two attached hydrogens (primary N) is 1. The lowest BCUT2D eigenvalue weighted by Gasteiger charge is -2.39. The fraction of sp³-hybridized carbons (Fsp3) is 0.571. The molecule has 0 aliphatic carbocycles. The lowest BCUT2D eigenvalue weighted by Crippen LogP contribution is -2.49. The van der Waals surface area contributed by atoms with Crippen LogP contribution in [0.4, 0.5) is 5.69 Å². The molecule has 3 rings (SSSR count). The highest BCUT2D eigenvalue weighted by atomic mass is 79.9. The standard InChI is InChI=1S/C14H19BrN2O2/c15-13-8-12(3-2-11(13)9-16)17-5-1-4-14(10-17)18-6-7-19-14/h2-3,8H,1,4-7,9-10,16H2. The van der Waals surface area contributed by atoms with Crippen LogP contribution in [0.3, 0.4) is 0 Å². The number of halogens is 1. The molecule has 0 saturated carbocycles. The molecule has 0 bridgehead atoms. The first-order valence-corrected chi connectivity index (χ1v) is 7.53. The minimum atomic E-state index is -0.378. The Labute approximate surface area is 122 Å². The van der Waals surface area contributed by atoms with Crippen LogP contribution >= 0.6 is 15.9 Å². The Morgan fingerprint density at radius 1 is 1.32 bits per heavy atom. The van der Waals surface area contributed by atoms with Crippen LogP contribution in [0.25, 0.3) is 0 Å². The lowest BCUT2D eigenvalue weighted by molar-refractivity contribution is -0.161. The molecular formula is C14H19BrN2O2. The SMILES string of the molecule is NCc1ccc(N2CCCC3(C2)OCCO3)cc1Br. The Morgan fingerprint density at radius 3 is 2.79 bits per heavy atom. The van der Waals surface area contributed by atoms with E-state index in [9.17, 15) is 0 Å². The first kappa shape index (κ1) is 13.4.